The standard InChI is InChI=1S/C23H23FN4O2/c1-2-30-18-9-7-17(8-10-18)21-15-22(26-16-25-21)27-11-13-28(14-12-27)23(29)19-5-3-4-6-20(19)24/h3-10,15-16H,2,11-14H2,1H3. The lowest BCUT2D eigenvalue weighted by Crippen LogP contribution is -2.49. The SMILES string of the molecule is CCOc1ccc(-c2cc(N3CCN(C(=O)c4ccccc4F)CC3)ncn2)cc1. The number of aromatic nitrogens is 2. The lowest BCUT2D eigenvalue weighted by Gasteiger charge is -2.35. The summed E-state index contributed by atoms with van der Waals surface area (Å²) in [6, 6.07) is 15.8. The van der Waals surface area contributed by atoms with E-state index in [-0.39, 0.29) is 11.5 Å². The predicted octanol–water partition coefficient (Wildman–Crippen LogP) is 3.64. The minimum absolute atomic E-state index is 0.116. The number of piperazine rings is 1. The van der Waals surface area contributed by atoms with Gasteiger partial charge in [0.2, 0.25) is 0 Å². The number of carbonyl (C=O) groups excluding carboxylic acids is 1. The van der Waals surface area contributed by atoms with Crippen LogP contribution >= 0.6 is 0 Å². The van der Waals surface area contributed by atoms with Gasteiger partial charge in [-0.3, -0.25) is 4.79 Å². The van der Waals surface area contributed by atoms with Crippen LogP contribution in [0.2, 0.25) is 0 Å². The molecular formula is C23H23FN4O2. The predicted molar refractivity (Wildman–Crippen MR) is 113 cm³/mol. The molecule has 2 aromatic carbocycles. The molecule has 1 aliphatic rings. The van der Waals surface area contributed by atoms with Crippen LogP contribution in [-0.4, -0.2) is 53.6 Å². The normalized spacial score (nSPS) is 13.9. The van der Waals surface area contributed by atoms with Gasteiger partial charge in [0.25, 0.3) is 5.91 Å². The van der Waals surface area contributed by atoms with Crippen molar-refractivity contribution in [3.8, 4) is 17.0 Å². The maximum atomic E-state index is 13.9. The van der Waals surface area contributed by atoms with Crippen LogP contribution in [0.5, 0.6) is 5.75 Å². The van der Waals surface area contributed by atoms with Gasteiger partial charge in [0.1, 0.15) is 23.7 Å². The molecule has 1 saturated heterocycles. The zero-order valence-corrected chi connectivity index (χ0v) is 16.8. The van der Waals surface area contributed by atoms with Gasteiger partial charge >= 0.3 is 0 Å². The van der Waals surface area contributed by atoms with Gasteiger partial charge < -0.3 is 14.5 Å². The Morgan fingerprint density at radius 2 is 1.77 bits per heavy atom. The fourth-order valence-electron chi connectivity index (χ4n) is 3.51. The molecule has 0 radical (unpaired) electrons. The number of anilines is 1. The Kier molecular flexibility index (Phi) is 5.88. The molecule has 0 N–H and O–H groups in total. The van der Waals surface area contributed by atoms with Crippen molar-refractivity contribution in [3.05, 3.63) is 72.3 Å². The van der Waals surface area contributed by atoms with Crippen molar-refractivity contribution in [2.24, 2.45) is 0 Å². The molecule has 6 nitrogen and oxygen atoms in total. The van der Waals surface area contributed by atoms with Gasteiger partial charge in [-0.1, -0.05) is 12.1 Å². The maximum absolute atomic E-state index is 13.9. The van der Waals surface area contributed by atoms with E-state index in [0.717, 1.165) is 22.8 Å². The summed E-state index contributed by atoms with van der Waals surface area (Å²) >= 11 is 0. The molecule has 0 atom stereocenters. The largest absolute Gasteiger partial charge is 0.494 e. The Morgan fingerprint density at radius 3 is 2.47 bits per heavy atom. The second kappa shape index (κ2) is 8.90. The second-order valence-electron chi connectivity index (χ2n) is 6.98. The quantitative estimate of drug-likeness (QED) is 0.647. The first-order valence-electron chi connectivity index (χ1n) is 9.99. The van der Waals surface area contributed by atoms with Crippen molar-refractivity contribution in [3.63, 3.8) is 0 Å². The van der Waals surface area contributed by atoms with Crippen LogP contribution in [0.3, 0.4) is 0 Å². The first kappa shape index (κ1) is 19.8. The highest BCUT2D eigenvalue weighted by molar-refractivity contribution is 5.94. The first-order valence-corrected chi connectivity index (χ1v) is 9.99. The Morgan fingerprint density at radius 1 is 1.03 bits per heavy atom. The molecule has 2 heterocycles. The molecule has 30 heavy (non-hydrogen) atoms. The number of nitrogens with zero attached hydrogens (tertiary/aromatic N) is 4. The summed E-state index contributed by atoms with van der Waals surface area (Å²) < 4.78 is 19.4. The summed E-state index contributed by atoms with van der Waals surface area (Å²) in [6.07, 6.45) is 1.55. The highest BCUT2D eigenvalue weighted by Crippen LogP contribution is 2.24. The number of hydrogen-bond donors (Lipinski definition) is 0. The monoisotopic (exact) mass is 406 g/mol. The van der Waals surface area contributed by atoms with E-state index in [0.29, 0.717) is 32.8 Å². The molecule has 1 amide bonds. The number of benzene rings is 2. The molecular weight excluding hydrogens is 383 g/mol. The van der Waals surface area contributed by atoms with E-state index < -0.39 is 5.82 Å². The van der Waals surface area contributed by atoms with E-state index in [4.69, 9.17) is 4.74 Å². The molecule has 0 spiro atoms. The number of ether oxygens (including phenoxy) is 1. The lowest BCUT2D eigenvalue weighted by atomic mass is 10.1. The van der Waals surface area contributed by atoms with Crippen molar-refractivity contribution >= 4 is 11.7 Å². The Hall–Kier alpha value is -3.48. The van der Waals surface area contributed by atoms with Crippen LogP contribution in [0.4, 0.5) is 10.2 Å². The average Bonchev–Trinajstić information content (AvgIpc) is 2.80. The third-order valence-corrected chi connectivity index (χ3v) is 5.11. The number of amides is 1. The number of rotatable bonds is 5. The molecule has 1 fully saturated rings. The highest BCUT2D eigenvalue weighted by Gasteiger charge is 2.24. The summed E-state index contributed by atoms with van der Waals surface area (Å²) in [5.74, 6) is 0.879. The van der Waals surface area contributed by atoms with E-state index in [9.17, 15) is 9.18 Å². The van der Waals surface area contributed by atoms with Crippen LogP contribution in [0.15, 0.2) is 60.9 Å². The number of halogens is 1. The molecule has 1 aromatic heterocycles. The van der Waals surface area contributed by atoms with Crippen LogP contribution in [-0.2, 0) is 0 Å². The van der Waals surface area contributed by atoms with Crippen molar-refractivity contribution in [1.82, 2.24) is 14.9 Å². The van der Waals surface area contributed by atoms with E-state index >= 15 is 0 Å². The van der Waals surface area contributed by atoms with Gasteiger partial charge in [-0.2, -0.15) is 0 Å². The zero-order chi connectivity index (χ0) is 20.9. The van der Waals surface area contributed by atoms with Crippen LogP contribution in [0.1, 0.15) is 17.3 Å². The molecule has 3 aromatic rings. The molecule has 0 aliphatic carbocycles. The zero-order valence-electron chi connectivity index (χ0n) is 16.8. The van der Waals surface area contributed by atoms with Crippen LogP contribution < -0.4 is 9.64 Å². The lowest BCUT2D eigenvalue weighted by molar-refractivity contribution is 0.0742. The maximum Gasteiger partial charge on any atom is 0.256 e. The average molecular weight is 406 g/mol. The van der Waals surface area contributed by atoms with Crippen molar-refractivity contribution in [1.29, 1.82) is 0 Å². The summed E-state index contributed by atoms with van der Waals surface area (Å²) in [5, 5.41) is 0. The third kappa shape index (κ3) is 4.25. The Labute approximate surface area is 174 Å². The van der Waals surface area contributed by atoms with Crippen molar-refractivity contribution < 1.29 is 13.9 Å². The van der Waals surface area contributed by atoms with E-state index in [2.05, 4.69) is 14.9 Å². The third-order valence-electron chi connectivity index (χ3n) is 5.11. The fourth-order valence-corrected chi connectivity index (χ4v) is 3.51. The Bertz CT molecular complexity index is 1020. The molecule has 4 rings (SSSR count). The number of carbonyl (C=O) groups is 1. The smallest absolute Gasteiger partial charge is 0.256 e. The molecule has 0 saturated carbocycles. The van der Waals surface area contributed by atoms with Gasteiger partial charge in [0, 0.05) is 37.8 Å². The summed E-state index contributed by atoms with van der Waals surface area (Å²) in [4.78, 5) is 25.2. The van der Waals surface area contributed by atoms with Gasteiger partial charge in [0.05, 0.1) is 17.9 Å². The summed E-state index contributed by atoms with van der Waals surface area (Å²) in [7, 11) is 0. The van der Waals surface area contributed by atoms with Gasteiger partial charge in [-0.15, -0.1) is 0 Å². The summed E-state index contributed by atoms with van der Waals surface area (Å²) in [6.45, 7) is 4.85. The topological polar surface area (TPSA) is 58.6 Å². The minimum Gasteiger partial charge on any atom is -0.494 e. The van der Waals surface area contributed by atoms with Gasteiger partial charge in [0.15, 0.2) is 0 Å². The van der Waals surface area contributed by atoms with Gasteiger partial charge in [-0.25, -0.2) is 14.4 Å². The number of hydrogen-bond acceptors (Lipinski definition) is 5. The molecule has 0 unspecified atom stereocenters. The molecule has 1 aliphatic heterocycles. The van der Waals surface area contributed by atoms with E-state index in [1.165, 1.54) is 12.1 Å². The van der Waals surface area contributed by atoms with E-state index in [1.807, 2.05) is 37.3 Å². The van der Waals surface area contributed by atoms with Crippen LogP contribution in [0, 0.1) is 5.82 Å². The fraction of sp³-hybridized carbons (Fsp3) is 0.261. The minimum atomic E-state index is -0.485. The summed E-state index contributed by atoms with van der Waals surface area (Å²) in [5.41, 5.74) is 1.93. The van der Waals surface area contributed by atoms with E-state index in [1.54, 1.807) is 23.4 Å². The second-order valence-corrected chi connectivity index (χ2v) is 6.98. The Balaban J connectivity index is 1.43. The highest BCUT2D eigenvalue weighted by atomic mass is 19.1. The molecule has 154 valence electrons. The van der Waals surface area contributed by atoms with Crippen molar-refractivity contribution in [2.45, 2.75) is 6.92 Å². The van der Waals surface area contributed by atoms with Crippen molar-refractivity contribution in [2.75, 3.05) is 37.7 Å². The van der Waals surface area contributed by atoms with Crippen LogP contribution in [0.25, 0.3) is 11.3 Å². The molecule has 0 bridgehead atoms. The first-order chi connectivity index (χ1) is 14.7. The van der Waals surface area contributed by atoms with Gasteiger partial charge in [-0.05, 0) is 43.3 Å². The molecule has 7 heteroatoms.